The van der Waals surface area contributed by atoms with E-state index in [0.29, 0.717) is 11.7 Å². The van der Waals surface area contributed by atoms with Crippen molar-refractivity contribution >= 4 is 17.7 Å². The molecule has 1 N–H and O–H groups in total. The summed E-state index contributed by atoms with van der Waals surface area (Å²) in [4.78, 5) is 18.6. The van der Waals surface area contributed by atoms with Crippen molar-refractivity contribution in [3.8, 4) is 0 Å². The number of carbonyl (C=O) groups excluding carboxylic acids is 1. The topological polar surface area (TPSA) is 54.5 Å². The van der Waals surface area contributed by atoms with Gasteiger partial charge in [-0.05, 0) is 46.7 Å². The van der Waals surface area contributed by atoms with E-state index >= 15 is 0 Å². The summed E-state index contributed by atoms with van der Waals surface area (Å²) in [5.74, 6) is 0. The minimum Gasteiger partial charge on any atom is -0.444 e. The van der Waals surface area contributed by atoms with Gasteiger partial charge in [-0.25, -0.2) is 9.78 Å². The lowest BCUT2D eigenvalue weighted by Crippen LogP contribution is -2.40. The molecule has 6 heteroatoms. The second-order valence-electron chi connectivity index (χ2n) is 6.56. The van der Waals surface area contributed by atoms with Gasteiger partial charge >= 0.3 is 6.09 Å². The van der Waals surface area contributed by atoms with Crippen LogP contribution in [0.4, 0.5) is 4.79 Å². The molecule has 1 fully saturated rings. The SMILES string of the molecule is Cc1ccc(C2CCNCCN2C(=O)OC(C)(C)C)c(Cl)n1. The molecule has 0 bridgehead atoms. The van der Waals surface area contributed by atoms with Crippen LogP contribution in [0.1, 0.15) is 44.5 Å². The lowest BCUT2D eigenvalue weighted by molar-refractivity contribution is 0.0171. The van der Waals surface area contributed by atoms with Crippen LogP contribution >= 0.6 is 11.6 Å². The minimum absolute atomic E-state index is 0.120. The number of hydrogen-bond donors (Lipinski definition) is 1. The molecule has 0 spiro atoms. The summed E-state index contributed by atoms with van der Waals surface area (Å²) in [6.45, 7) is 9.67. The number of nitrogens with one attached hydrogen (secondary N) is 1. The maximum atomic E-state index is 12.5. The van der Waals surface area contributed by atoms with Crippen molar-refractivity contribution in [3.63, 3.8) is 0 Å². The number of rotatable bonds is 1. The Labute approximate surface area is 137 Å². The van der Waals surface area contributed by atoms with Gasteiger partial charge in [0.2, 0.25) is 0 Å². The Morgan fingerprint density at radius 2 is 2.14 bits per heavy atom. The van der Waals surface area contributed by atoms with Gasteiger partial charge in [0.1, 0.15) is 10.8 Å². The summed E-state index contributed by atoms with van der Waals surface area (Å²) in [6.07, 6.45) is 0.474. The van der Waals surface area contributed by atoms with E-state index in [0.717, 1.165) is 30.8 Å². The molecule has 0 radical (unpaired) electrons. The molecule has 2 heterocycles. The highest BCUT2D eigenvalue weighted by Crippen LogP contribution is 2.31. The summed E-state index contributed by atoms with van der Waals surface area (Å²) in [5, 5.41) is 3.77. The van der Waals surface area contributed by atoms with E-state index < -0.39 is 5.60 Å². The molecule has 0 saturated carbocycles. The van der Waals surface area contributed by atoms with Gasteiger partial charge in [0.05, 0.1) is 6.04 Å². The van der Waals surface area contributed by atoms with Crippen molar-refractivity contribution in [2.75, 3.05) is 19.6 Å². The van der Waals surface area contributed by atoms with Crippen LogP contribution in [0.2, 0.25) is 5.15 Å². The normalized spacial score (nSPS) is 19.7. The number of aryl methyl sites for hydroxylation is 1. The first-order chi connectivity index (χ1) is 10.3. The molecule has 1 aromatic heterocycles. The zero-order valence-electron chi connectivity index (χ0n) is 13.6. The zero-order chi connectivity index (χ0) is 16.3. The van der Waals surface area contributed by atoms with E-state index in [1.807, 2.05) is 39.8 Å². The van der Waals surface area contributed by atoms with E-state index in [-0.39, 0.29) is 12.1 Å². The third kappa shape index (κ3) is 4.34. The van der Waals surface area contributed by atoms with Gasteiger partial charge in [0.25, 0.3) is 0 Å². The van der Waals surface area contributed by atoms with Gasteiger partial charge in [-0.15, -0.1) is 0 Å². The molecule has 5 nitrogen and oxygen atoms in total. The van der Waals surface area contributed by atoms with Gasteiger partial charge in [0, 0.05) is 24.3 Å². The lowest BCUT2D eigenvalue weighted by atomic mass is 10.0. The van der Waals surface area contributed by atoms with Crippen LogP contribution in [0.25, 0.3) is 0 Å². The minimum atomic E-state index is -0.517. The predicted octanol–water partition coefficient (Wildman–Crippen LogP) is 3.31. The molecule has 1 aliphatic heterocycles. The summed E-state index contributed by atoms with van der Waals surface area (Å²) >= 11 is 6.31. The number of carbonyl (C=O) groups is 1. The smallest absolute Gasteiger partial charge is 0.410 e. The van der Waals surface area contributed by atoms with Crippen molar-refractivity contribution in [2.24, 2.45) is 0 Å². The number of aromatic nitrogens is 1. The van der Waals surface area contributed by atoms with Gasteiger partial charge < -0.3 is 10.1 Å². The maximum Gasteiger partial charge on any atom is 0.410 e. The Morgan fingerprint density at radius 1 is 1.41 bits per heavy atom. The summed E-state index contributed by atoms with van der Waals surface area (Å²) in [7, 11) is 0. The van der Waals surface area contributed by atoms with E-state index in [4.69, 9.17) is 16.3 Å². The molecule has 122 valence electrons. The monoisotopic (exact) mass is 325 g/mol. The first-order valence-corrected chi connectivity index (χ1v) is 7.99. The fourth-order valence-electron chi connectivity index (χ4n) is 2.52. The Hall–Kier alpha value is -1.33. The number of ether oxygens (including phenoxy) is 1. The maximum absolute atomic E-state index is 12.5. The quantitative estimate of drug-likeness (QED) is 0.805. The fraction of sp³-hybridized carbons (Fsp3) is 0.625. The summed E-state index contributed by atoms with van der Waals surface area (Å²) in [5.41, 5.74) is 1.22. The second-order valence-corrected chi connectivity index (χ2v) is 6.92. The number of amides is 1. The molecule has 22 heavy (non-hydrogen) atoms. The average molecular weight is 326 g/mol. The Kier molecular flexibility index (Phi) is 5.29. The van der Waals surface area contributed by atoms with Crippen molar-refractivity contribution in [1.29, 1.82) is 0 Å². The Morgan fingerprint density at radius 3 is 2.77 bits per heavy atom. The van der Waals surface area contributed by atoms with Gasteiger partial charge in [-0.2, -0.15) is 0 Å². The number of pyridine rings is 1. The third-order valence-corrected chi connectivity index (χ3v) is 3.81. The van der Waals surface area contributed by atoms with E-state index in [9.17, 15) is 4.79 Å². The predicted molar refractivity (Wildman–Crippen MR) is 87.2 cm³/mol. The van der Waals surface area contributed by atoms with E-state index in [1.165, 1.54) is 0 Å². The number of halogens is 1. The standard InChI is InChI=1S/C16H24ClN3O2/c1-11-5-6-12(14(17)19-11)13-7-8-18-9-10-20(13)15(21)22-16(2,3)4/h5-6,13,18H,7-10H2,1-4H3. The molecule has 1 aromatic rings. The van der Waals surface area contributed by atoms with Crippen LogP contribution in [0, 0.1) is 6.92 Å². The molecule has 1 amide bonds. The summed E-state index contributed by atoms with van der Waals surface area (Å²) < 4.78 is 5.54. The highest BCUT2D eigenvalue weighted by molar-refractivity contribution is 6.30. The van der Waals surface area contributed by atoms with Gasteiger partial charge in [-0.1, -0.05) is 17.7 Å². The van der Waals surface area contributed by atoms with Gasteiger partial charge in [0.15, 0.2) is 0 Å². The van der Waals surface area contributed by atoms with Crippen LogP contribution < -0.4 is 5.32 Å². The van der Waals surface area contributed by atoms with Crippen molar-refractivity contribution in [2.45, 2.75) is 45.8 Å². The highest BCUT2D eigenvalue weighted by Gasteiger charge is 2.31. The Balaban J connectivity index is 2.29. The molecule has 0 aromatic carbocycles. The molecule has 1 saturated heterocycles. The van der Waals surface area contributed by atoms with Crippen LogP contribution in [-0.2, 0) is 4.74 Å². The fourth-order valence-corrected chi connectivity index (χ4v) is 2.84. The second kappa shape index (κ2) is 6.84. The van der Waals surface area contributed by atoms with Crippen LogP contribution in [-0.4, -0.2) is 41.2 Å². The number of hydrogen-bond acceptors (Lipinski definition) is 4. The van der Waals surface area contributed by atoms with Crippen molar-refractivity contribution in [1.82, 2.24) is 15.2 Å². The molecule has 0 aliphatic carbocycles. The Bertz CT molecular complexity index is 543. The third-order valence-electron chi connectivity index (χ3n) is 3.50. The first kappa shape index (κ1) is 17.0. The number of nitrogens with zero attached hydrogens (tertiary/aromatic N) is 2. The zero-order valence-corrected chi connectivity index (χ0v) is 14.4. The van der Waals surface area contributed by atoms with Crippen molar-refractivity contribution < 1.29 is 9.53 Å². The van der Waals surface area contributed by atoms with Crippen LogP contribution in [0.3, 0.4) is 0 Å². The first-order valence-electron chi connectivity index (χ1n) is 7.61. The highest BCUT2D eigenvalue weighted by atomic mass is 35.5. The molecular weight excluding hydrogens is 302 g/mol. The average Bonchev–Trinajstić information content (AvgIpc) is 2.62. The lowest BCUT2D eigenvalue weighted by Gasteiger charge is -2.32. The molecular formula is C16H24ClN3O2. The van der Waals surface area contributed by atoms with E-state index in [1.54, 1.807) is 4.90 Å². The van der Waals surface area contributed by atoms with Crippen LogP contribution in [0.15, 0.2) is 12.1 Å². The van der Waals surface area contributed by atoms with Gasteiger partial charge in [-0.3, -0.25) is 4.90 Å². The molecule has 1 atom stereocenters. The van der Waals surface area contributed by atoms with E-state index in [2.05, 4.69) is 10.3 Å². The molecule has 1 unspecified atom stereocenters. The largest absolute Gasteiger partial charge is 0.444 e. The summed E-state index contributed by atoms with van der Waals surface area (Å²) in [6, 6.07) is 3.76. The molecule has 1 aliphatic rings. The van der Waals surface area contributed by atoms with Crippen LogP contribution in [0.5, 0.6) is 0 Å². The van der Waals surface area contributed by atoms with Crippen molar-refractivity contribution in [3.05, 3.63) is 28.5 Å². The molecule has 2 rings (SSSR count).